The molecular weight excluding hydrogens is 268 g/mol. The Kier molecular flexibility index (Phi) is 4.16. The maximum atomic E-state index is 12.3. The molecule has 2 heterocycles. The number of carboxylic acids is 1. The first kappa shape index (κ1) is 14.0. The molecule has 1 aliphatic rings. The van der Waals surface area contributed by atoms with Crippen LogP contribution in [0.3, 0.4) is 0 Å². The van der Waals surface area contributed by atoms with Gasteiger partial charge < -0.3 is 14.7 Å². The van der Waals surface area contributed by atoms with E-state index in [1.807, 2.05) is 13.8 Å². The SMILES string of the molecule is Cc1nc(C(=O)N2CCOC(CC(=O)O)C2)c(C)s1. The standard InChI is InChI=1S/C12H16N2O4S/c1-7-11(13-8(2)19-7)12(17)14-3-4-18-9(6-14)5-10(15)16/h9H,3-6H2,1-2H3,(H,15,16). The zero-order valence-corrected chi connectivity index (χ0v) is 11.7. The van der Waals surface area contributed by atoms with Crippen LogP contribution < -0.4 is 0 Å². The van der Waals surface area contributed by atoms with Crippen LogP contribution in [-0.2, 0) is 9.53 Å². The largest absolute Gasteiger partial charge is 0.481 e. The molecule has 1 aromatic rings. The monoisotopic (exact) mass is 284 g/mol. The minimum atomic E-state index is -0.917. The number of morpholine rings is 1. The average molecular weight is 284 g/mol. The van der Waals surface area contributed by atoms with Crippen LogP contribution in [0.1, 0.15) is 26.8 Å². The second kappa shape index (κ2) is 5.66. The number of hydrogen-bond acceptors (Lipinski definition) is 5. The summed E-state index contributed by atoms with van der Waals surface area (Å²) in [6, 6.07) is 0. The summed E-state index contributed by atoms with van der Waals surface area (Å²) in [5, 5.41) is 9.62. The van der Waals surface area contributed by atoms with Crippen molar-refractivity contribution in [1.29, 1.82) is 0 Å². The molecule has 1 atom stereocenters. The zero-order valence-electron chi connectivity index (χ0n) is 10.9. The fraction of sp³-hybridized carbons (Fsp3) is 0.583. The van der Waals surface area contributed by atoms with Gasteiger partial charge in [-0.1, -0.05) is 0 Å². The van der Waals surface area contributed by atoms with Crippen molar-refractivity contribution >= 4 is 23.2 Å². The number of carboxylic acid groups (broad SMARTS) is 1. The number of carbonyl (C=O) groups excluding carboxylic acids is 1. The van der Waals surface area contributed by atoms with Gasteiger partial charge in [-0.25, -0.2) is 4.98 Å². The zero-order chi connectivity index (χ0) is 14.0. The van der Waals surface area contributed by atoms with Gasteiger partial charge in [-0.05, 0) is 13.8 Å². The van der Waals surface area contributed by atoms with Crippen LogP contribution in [0.2, 0.25) is 0 Å². The summed E-state index contributed by atoms with van der Waals surface area (Å²) < 4.78 is 5.35. The number of hydrogen-bond donors (Lipinski definition) is 1. The van der Waals surface area contributed by atoms with Crippen LogP contribution in [0.15, 0.2) is 0 Å². The van der Waals surface area contributed by atoms with Crippen LogP contribution >= 0.6 is 11.3 Å². The van der Waals surface area contributed by atoms with Gasteiger partial charge in [0, 0.05) is 18.0 Å². The molecule has 1 aromatic heterocycles. The van der Waals surface area contributed by atoms with E-state index in [0.717, 1.165) is 9.88 Å². The summed E-state index contributed by atoms with van der Waals surface area (Å²) in [5.41, 5.74) is 0.471. The van der Waals surface area contributed by atoms with E-state index in [1.54, 1.807) is 4.90 Å². The third-order valence-corrected chi connectivity index (χ3v) is 3.82. The van der Waals surface area contributed by atoms with Gasteiger partial charge in [-0.2, -0.15) is 0 Å². The molecule has 1 aliphatic heterocycles. The molecule has 104 valence electrons. The van der Waals surface area contributed by atoms with Crippen LogP contribution in [0.5, 0.6) is 0 Å². The molecule has 2 rings (SSSR count). The van der Waals surface area contributed by atoms with Gasteiger partial charge in [0.25, 0.3) is 5.91 Å². The Bertz CT molecular complexity index is 500. The first-order chi connectivity index (χ1) is 8.97. The fourth-order valence-electron chi connectivity index (χ4n) is 2.10. The van der Waals surface area contributed by atoms with Crippen molar-refractivity contribution in [3.05, 3.63) is 15.6 Å². The molecule has 7 heteroatoms. The van der Waals surface area contributed by atoms with Crippen molar-refractivity contribution in [3.63, 3.8) is 0 Å². The molecule has 1 N–H and O–H groups in total. The number of ether oxygens (including phenoxy) is 1. The van der Waals surface area contributed by atoms with Gasteiger partial charge in [0.15, 0.2) is 0 Å². The van der Waals surface area contributed by atoms with Gasteiger partial charge in [-0.15, -0.1) is 11.3 Å². The minimum absolute atomic E-state index is 0.0845. The van der Waals surface area contributed by atoms with Gasteiger partial charge in [0.2, 0.25) is 0 Å². The number of carbonyl (C=O) groups is 2. The van der Waals surface area contributed by atoms with E-state index in [-0.39, 0.29) is 12.3 Å². The maximum absolute atomic E-state index is 12.3. The molecule has 0 aromatic carbocycles. The van der Waals surface area contributed by atoms with Crippen molar-refractivity contribution in [2.45, 2.75) is 26.4 Å². The molecule has 0 radical (unpaired) electrons. The lowest BCUT2D eigenvalue weighted by molar-refractivity contribution is -0.141. The summed E-state index contributed by atoms with van der Waals surface area (Å²) in [7, 11) is 0. The first-order valence-electron chi connectivity index (χ1n) is 6.04. The Morgan fingerprint density at radius 1 is 1.53 bits per heavy atom. The molecular formula is C12H16N2O4S. The summed E-state index contributed by atoms with van der Waals surface area (Å²) >= 11 is 1.49. The highest BCUT2D eigenvalue weighted by Crippen LogP contribution is 2.19. The molecule has 1 unspecified atom stereocenters. The maximum Gasteiger partial charge on any atom is 0.306 e. The van der Waals surface area contributed by atoms with Crippen LogP contribution in [0.4, 0.5) is 0 Å². The van der Waals surface area contributed by atoms with E-state index < -0.39 is 12.1 Å². The number of aliphatic carboxylic acids is 1. The van der Waals surface area contributed by atoms with Crippen LogP contribution in [-0.4, -0.2) is 52.7 Å². The lowest BCUT2D eigenvalue weighted by Gasteiger charge is -2.32. The van der Waals surface area contributed by atoms with Crippen molar-refractivity contribution in [3.8, 4) is 0 Å². The van der Waals surface area contributed by atoms with Gasteiger partial charge >= 0.3 is 5.97 Å². The summed E-state index contributed by atoms with van der Waals surface area (Å²) in [4.78, 5) is 29.8. The Hall–Kier alpha value is -1.47. The molecule has 1 amide bonds. The number of aromatic nitrogens is 1. The highest BCUT2D eigenvalue weighted by atomic mass is 32.1. The number of aryl methyl sites for hydroxylation is 2. The van der Waals surface area contributed by atoms with Crippen molar-refractivity contribution in [1.82, 2.24) is 9.88 Å². The van der Waals surface area contributed by atoms with Crippen molar-refractivity contribution < 1.29 is 19.4 Å². The lowest BCUT2D eigenvalue weighted by atomic mass is 10.2. The second-order valence-corrected chi connectivity index (χ2v) is 5.89. The van der Waals surface area contributed by atoms with E-state index in [9.17, 15) is 9.59 Å². The van der Waals surface area contributed by atoms with Gasteiger partial charge in [0.1, 0.15) is 5.69 Å². The van der Waals surface area contributed by atoms with Crippen LogP contribution in [0.25, 0.3) is 0 Å². The topological polar surface area (TPSA) is 79.7 Å². The number of rotatable bonds is 3. The third kappa shape index (κ3) is 3.30. The third-order valence-electron chi connectivity index (χ3n) is 2.93. The Morgan fingerprint density at radius 3 is 2.84 bits per heavy atom. The Labute approximate surface area is 115 Å². The molecule has 1 fully saturated rings. The Balaban J connectivity index is 2.07. The quantitative estimate of drug-likeness (QED) is 0.898. The highest BCUT2D eigenvalue weighted by Gasteiger charge is 2.28. The van der Waals surface area contributed by atoms with E-state index in [2.05, 4.69) is 4.98 Å². The molecule has 0 aliphatic carbocycles. The number of amides is 1. The fourth-order valence-corrected chi connectivity index (χ4v) is 2.91. The van der Waals surface area contributed by atoms with Gasteiger partial charge in [0.05, 0.1) is 24.1 Å². The normalized spacial score (nSPS) is 19.5. The molecule has 0 spiro atoms. The number of nitrogens with zero attached hydrogens (tertiary/aromatic N) is 2. The molecule has 6 nitrogen and oxygen atoms in total. The van der Waals surface area contributed by atoms with E-state index in [1.165, 1.54) is 11.3 Å². The van der Waals surface area contributed by atoms with E-state index >= 15 is 0 Å². The van der Waals surface area contributed by atoms with Crippen molar-refractivity contribution in [2.75, 3.05) is 19.7 Å². The Morgan fingerprint density at radius 2 is 2.26 bits per heavy atom. The van der Waals surface area contributed by atoms with E-state index in [0.29, 0.717) is 25.4 Å². The molecule has 19 heavy (non-hydrogen) atoms. The predicted molar refractivity (Wildman–Crippen MR) is 69.5 cm³/mol. The number of thiazole rings is 1. The molecule has 0 bridgehead atoms. The van der Waals surface area contributed by atoms with Crippen molar-refractivity contribution in [2.24, 2.45) is 0 Å². The second-order valence-electron chi connectivity index (χ2n) is 4.48. The average Bonchev–Trinajstić information content (AvgIpc) is 2.67. The molecule has 1 saturated heterocycles. The smallest absolute Gasteiger partial charge is 0.306 e. The summed E-state index contributed by atoms with van der Waals surface area (Å²) in [6.45, 7) is 4.88. The first-order valence-corrected chi connectivity index (χ1v) is 6.85. The molecule has 0 saturated carbocycles. The predicted octanol–water partition coefficient (Wildman–Crippen LogP) is 1.08. The highest BCUT2D eigenvalue weighted by molar-refractivity contribution is 7.11. The minimum Gasteiger partial charge on any atom is -0.481 e. The van der Waals surface area contributed by atoms with Crippen LogP contribution in [0, 0.1) is 13.8 Å². The summed E-state index contributed by atoms with van der Waals surface area (Å²) in [5.74, 6) is -1.06. The summed E-state index contributed by atoms with van der Waals surface area (Å²) in [6.07, 6.45) is -0.519. The van der Waals surface area contributed by atoms with E-state index in [4.69, 9.17) is 9.84 Å². The van der Waals surface area contributed by atoms with Gasteiger partial charge in [-0.3, -0.25) is 9.59 Å². The lowest BCUT2D eigenvalue weighted by Crippen LogP contribution is -2.46.